The molecule has 5 nitrogen and oxygen atoms in total. The molecule has 1 aliphatic rings. The van der Waals surface area contributed by atoms with E-state index in [4.69, 9.17) is 4.98 Å². The first kappa shape index (κ1) is 17.2. The zero-order valence-corrected chi connectivity index (χ0v) is 15.7. The Kier molecular flexibility index (Phi) is 4.83. The molecule has 1 N–H and O–H groups in total. The highest BCUT2D eigenvalue weighted by molar-refractivity contribution is 6.04. The fraction of sp³-hybridized carbons (Fsp3) is 0.227. The van der Waals surface area contributed by atoms with Crippen LogP contribution in [0.1, 0.15) is 36.8 Å². The molecule has 27 heavy (non-hydrogen) atoms. The number of fused-ring (bicyclic) bond motifs is 1. The van der Waals surface area contributed by atoms with Crippen molar-refractivity contribution in [1.82, 2.24) is 14.4 Å². The summed E-state index contributed by atoms with van der Waals surface area (Å²) in [6.45, 7) is 4.17. The van der Waals surface area contributed by atoms with Crippen LogP contribution in [0.2, 0.25) is 0 Å². The van der Waals surface area contributed by atoms with Crippen LogP contribution in [0.25, 0.3) is 11.2 Å². The number of nitrogens with zero attached hydrogens (tertiary/aromatic N) is 4. The van der Waals surface area contributed by atoms with E-state index in [-0.39, 0.29) is 0 Å². The monoisotopic (exact) mass is 357 g/mol. The normalized spacial score (nSPS) is 14.0. The Morgan fingerprint density at radius 2 is 2.11 bits per heavy atom. The van der Waals surface area contributed by atoms with Gasteiger partial charge in [-0.15, -0.1) is 0 Å². The van der Waals surface area contributed by atoms with Crippen LogP contribution in [-0.2, 0) is 6.42 Å². The molecular weight excluding hydrogens is 334 g/mol. The average Bonchev–Trinajstić information content (AvgIpc) is 2.88. The van der Waals surface area contributed by atoms with Crippen molar-refractivity contribution in [2.45, 2.75) is 33.1 Å². The van der Waals surface area contributed by atoms with Crippen molar-refractivity contribution >= 4 is 22.7 Å². The lowest BCUT2D eigenvalue weighted by molar-refractivity contribution is 0.863. The second kappa shape index (κ2) is 7.58. The molecule has 136 valence electrons. The molecule has 0 unspecified atom stereocenters. The molecule has 3 aromatic rings. The molecule has 0 saturated carbocycles. The van der Waals surface area contributed by atoms with Crippen molar-refractivity contribution < 1.29 is 0 Å². The average molecular weight is 357 g/mol. The largest absolute Gasteiger partial charge is 0.339 e. The number of nitrogens with one attached hydrogen (secondary N) is 1. The minimum absolute atomic E-state index is 0.802. The van der Waals surface area contributed by atoms with Gasteiger partial charge in [0.1, 0.15) is 11.5 Å². The summed E-state index contributed by atoms with van der Waals surface area (Å²) in [5.41, 5.74) is 6.35. The minimum atomic E-state index is 0.802. The van der Waals surface area contributed by atoms with E-state index in [0.29, 0.717) is 0 Å². The molecule has 0 fully saturated rings. The molecule has 0 bridgehead atoms. The number of hydrogen-bond donors (Lipinski definition) is 1. The molecule has 0 spiro atoms. The van der Waals surface area contributed by atoms with E-state index in [1.807, 2.05) is 43.6 Å². The van der Waals surface area contributed by atoms with Gasteiger partial charge < -0.3 is 9.72 Å². The Morgan fingerprint density at radius 3 is 2.93 bits per heavy atom. The van der Waals surface area contributed by atoms with Crippen molar-refractivity contribution in [3.8, 4) is 0 Å². The van der Waals surface area contributed by atoms with Gasteiger partial charge in [-0.3, -0.25) is 4.98 Å². The smallest absolute Gasteiger partial charge is 0.137 e. The zero-order chi connectivity index (χ0) is 18.6. The highest BCUT2D eigenvalue weighted by Gasteiger charge is 2.15. The minimum Gasteiger partial charge on any atom is -0.339 e. The molecular formula is C22H23N5. The van der Waals surface area contributed by atoms with Crippen molar-refractivity contribution in [3.05, 3.63) is 78.2 Å². The van der Waals surface area contributed by atoms with E-state index in [1.165, 1.54) is 5.69 Å². The van der Waals surface area contributed by atoms with E-state index in [2.05, 4.69) is 51.0 Å². The number of allylic oxidation sites excluding steroid dienone is 2. The van der Waals surface area contributed by atoms with Crippen LogP contribution in [0.15, 0.2) is 66.1 Å². The van der Waals surface area contributed by atoms with E-state index in [9.17, 15) is 0 Å². The maximum atomic E-state index is 4.88. The van der Waals surface area contributed by atoms with Crippen molar-refractivity contribution in [3.63, 3.8) is 0 Å². The van der Waals surface area contributed by atoms with Crippen LogP contribution in [0, 0.1) is 6.92 Å². The molecule has 0 amide bonds. The number of amidine groups is 1. The molecule has 0 saturated heterocycles. The van der Waals surface area contributed by atoms with Gasteiger partial charge in [0.05, 0.1) is 23.3 Å². The number of rotatable bonds is 4. The summed E-state index contributed by atoms with van der Waals surface area (Å²) in [4.78, 5) is 13.8. The van der Waals surface area contributed by atoms with Crippen LogP contribution in [-0.4, -0.2) is 20.2 Å². The number of aromatic nitrogens is 3. The molecule has 5 heteroatoms. The van der Waals surface area contributed by atoms with Gasteiger partial charge in [0, 0.05) is 23.7 Å². The van der Waals surface area contributed by atoms with Gasteiger partial charge in [-0.2, -0.15) is 0 Å². The van der Waals surface area contributed by atoms with Gasteiger partial charge in [-0.25, -0.2) is 9.98 Å². The second-order valence-corrected chi connectivity index (χ2v) is 6.67. The Hall–Kier alpha value is -3.21. The summed E-state index contributed by atoms with van der Waals surface area (Å²) < 4.78 is 2.19. The standard InChI is InChI=1S/C22H23N5/c1-3-7-19-22(26-21-10-4-5-13-27(19)21)17-8-6-9-20(24-14-17)25-18-12-11-16(2)23-15-18/h4-6,9-15H,3,7-8H2,1-2H3,(H,24,25). The first-order valence-corrected chi connectivity index (χ1v) is 9.34. The van der Waals surface area contributed by atoms with Crippen molar-refractivity contribution in [2.75, 3.05) is 5.32 Å². The fourth-order valence-corrected chi connectivity index (χ4v) is 3.24. The number of hydrogen-bond acceptors (Lipinski definition) is 4. The van der Waals surface area contributed by atoms with Gasteiger partial charge in [0.2, 0.25) is 0 Å². The summed E-state index contributed by atoms with van der Waals surface area (Å²) in [6.07, 6.45) is 12.9. The van der Waals surface area contributed by atoms with Gasteiger partial charge in [0.15, 0.2) is 0 Å². The fourth-order valence-electron chi connectivity index (χ4n) is 3.24. The predicted octanol–water partition coefficient (Wildman–Crippen LogP) is 4.80. The third kappa shape index (κ3) is 3.67. The Bertz CT molecular complexity index is 1040. The number of aryl methyl sites for hydroxylation is 2. The van der Waals surface area contributed by atoms with Gasteiger partial charge >= 0.3 is 0 Å². The highest BCUT2D eigenvalue weighted by atomic mass is 15.0. The quantitative estimate of drug-likeness (QED) is 0.729. The molecule has 4 heterocycles. The highest BCUT2D eigenvalue weighted by Crippen LogP contribution is 2.26. The summed E-state index contributed by atoms with van der Waals surface area (Å²) in [6, 6.07) is 10.1. The SMILES string of the molecule is CCCc1c(C2=CN=C(Nc3ccc(C)nc3)C=CC2)nc2ccccn12. The molecule has 0 radical (unpaired) electrons. The van der Waals surface area contributed by atoms with Crippen LogP contribution < -0.4 is 5.32 Å². The first-order valence-electron chi connectivity index (χ1n) is 9.34. The van der Waals surface area contributed by atoms with Crippen LogP contribution in [0.3, 0.4) is 0 Å². The lowest BCUT2D eigenvalue weighted by Gasteiger charge is -2.05. The zero-order valence-electron chi connectivity index (χ0n) is 15.7. The number of imidazole rings is 1. The predicted molar refractivity (Wildman–Crippen MR) is 111 cm³/mol. The Labute approximate surface area is 159 Å². The number of pyridine rings is 2. The topological polar surface area (TPSA) is 54.6 Å². The van der Waals surface area contributed by atoms with Crippen molar-refractivity contribution in [1.29, 1.82) is 0 Å². The maximum absolute atomic E-state index is 4.88. The number of aliphatic imine (C=N–C) groups is 1. The van der Waals surface area contributed by atoms with Gasteiger partial charge in [-0.1, -0.05) is 25.5 Å². The van der Waals surface area contributed by atoms with Crippen LogP contribution in [0.4, 0.5) is 5.69 Å². The van der Waals surface area contributed by atoms with Crippen LogP contribution in [0.5, 0.6) is 0 Å². The van der Waals surface area contributed by atoms with E-state index < -0.39 is 0 Å². The van der Waals surface area contributed by atoms with E-state index in [0.717, 1.165) is 53.4 Å². The van der Waals surface area contributed by atoms with E-state index >= 15 is 0 Å². The van der Waals surface area contributed by atoms with Gasteiger partial charge in [0.25, 0.3) is 0 Å². The second-order valence-electron chi connectivity index (χ2n) is 6.67. The lowest BCUT2D eigenvalue weighted by Crippen LogP contribution is -2.08. The van der Waals surface area contributed by atoms with Crippen LogP contribution >= 0.6 is 0 Å². The Balaban J connectivity index is 1.66. The summed E-state index contributed by atoms with van der Waals surface area (Å²) in [7, 11) is 0. The molecule has 0 aromatic carbocycles. The summed E-state index contributed by atoms with van der Waals surface area (Å²) >= 11 is 0. The third-order valence-corrected chi connectivity index (χ3v) is 4.58. The number of anilines is 1. The van der Waals surface area contributed by atoms with Gasteiger partial charge in [-0.05, 0) is 50.1 Å². The molecule has 1 aliphatic heterocycles. The lowest BCUT2D eigenvalue weighted by atomic mass is 10.1. The summed E-state index contributed by atoms with van der Waals surface area (Å²) in [5, 5.41) is 3.32. The summed E-state index contributed by atoms with van der Waals surface area (Å²) in [5.74, 6) is 0.802. The molecule has 0 aliphatic carbocycles. The first-order chi connectivity index (χ1) is 13.2. The van der Waals surface area contributed by atoms with Crippen molar-refractivity contribution in [2.24, 2.45) is 4.99 Å². The van der Waals surface area contributed by atoms with E-state index in [1.54, 1.807) is 0 Å². The maximum Gasteiger partial charge on any atom is 0.137 e. The molecule has 4 rings (SSSR count). The molecule has 3 aromatic heterocycles. The third-order valence-electron chi connectivity index (χ3n) is 4.58. The Morgan fingerprint density at radius 1 is 1.19 bits per heavy atom. The molecule has 0 atom stereocenters.